The van der Waals surface area contributed by atoms with Crippen LogP contribution >= 0.6 is 11.3 Å². The van der Waals surface area contributed by atoms with E-state index in [9.17, 15) is 4.79 Å². The Labute approximate surface area is 135 Å². The van der Waals surface area contributed by atoms with E-state index in [1.165, 1.54) is 10.5 Å². The summed E-state index contributed by atoms with van der Waals surface area (Å²) in [4.78, 5) is 20.8. The van der Waals surface area contributed by atoms with Crippen LogP contribution in [0.4, 0.5) is 0 Å². The van der Waals surface area contributed by atoms with Crippen LogP contribution in [0.2, 0.25) is 0 Å². The molecule has 3 heterocycles. The summed E-state index contributed by atoms with van der Waals surface area (Å²) < 4.78 is 0. The lowest BCUT2D eigenvalue weighted by Crippen LogP contribution is -2.54. The molecule has 0 aliphatic carbocycles. The Morgan fingerprint density at radius 3 is 3.05 bits per heavy atom. The summed E-state index contributed by atoms with van der Waals surface area (Å²) in [7, 11) is 1.70. The second-order valence-electron chi connectivity index (χ2n) is 6.66. The molecule has 5 nitrogen and oxygen atoms in total. The van der Waals surface area contributed by atoms with Crippen LogP contribution in [0.25, 0.3) is 0 Å². The minimum Gasteiger partial charge on any atom is -0.369 e. The Balaban J connectivity index is 1.72. The third-order valence-corrected chi connectivity index (χ3v) is 5.70. The van der Waals surface area contributed by atoms with Crippen molar-refractivity contribution in [3.63, 3.8) is 0 Å². The molecule has 0 aromatic carbocycles. The lowest BCUT2D eigenvalue weighted by molar-refractivity contribution is -0.129. The number of aliphatic imine (C=N–C) groups is 1. The molecule has 1 saturated heterocycles. The number of thiophene rings is 1. The van der Waals surface area contributed by atoms with Crippen molar-refractivity contribution in [3.8, 4) is 0 Å². The van der Waals surface area contributed by atoms with Crippen LogP contribution in [-0.4, -0.2) is 47.3 Å². The highest BCUT2D eigenvalue weighted by Gasteiger charge is 2.42. The zero-order valence-electron chi connectivity index (χ0n) is 13.3. The van der Waals surface area contributed by atoms with Gasteiger partial charge in [-0.3, -0.25) is 14.6 Å². The minimum absolute atomic E-state index is 0.0740. The molecule has 120 valence electrons. The number of nitrogens with two attached hydrogens (primary N) is 1. The number of rotatable bonds is 3. The van der Waals surface area contributed by atoms with Crippen molar-refractivity contribution in [1.29, 1.82) is 0 Å². The van der Waals surface area contributed by atoms with Crippen molar-refractivity contribution in [2.75, 3.05) is 20.1 Å². The molecule has 2 aliphatic heterocycles. The van der Waals surface area contributed by atoms with Gasteiger partial charge in [-0.05, 0) is 54.6 Å². The van der Waals surface area contributed by atoms with E-state index in [4.69, 9.17) is 5.73 Å². The van der Waals surface area contributed by atoms with Crippen LogP contribution < -0.4 is 5.73 Å². The molecule has 2 atom stereocenters. The summed E-state index contributed by atoms with van der Waals surface area (Å²) in [6.07, 6.45) is 2.73. The summed E-state index contributed by atoms with van der Waals surface area (Å²) in [5, 5.41) is 4.33. The van der Waals surface area contributed by atoms with Gasteiger partial charge in [0.15, 0.2) is 5.96 Å². The van der Waals surface area contributed by atoms with Gasteiger partial charge >= 0.3 is 0 Å². The summed E-state index contributed by atoms with van der Waals surface area (Å²) in [5.41, 5.74) is 6.95. The van der Waals surface area contributed by atoms with Gasteiger partial charge in [0.25, 0.3) is 0 Å². The van der Waals surface area contributed by atoms with Gasteiger partial charge in [0.2, 0.25) is 5.91 Å². The lowest BCUT2D eigenvalue weighted by atomic mass is 9.77. The number of hydrogen-bond acceptors (Lipinski definition) is 5. The van der Waals surface area contributed by atoms with E-state index in [-0.39, 0.29) is 11.4 Å². The number of carbonyl (C=O) groups excluding carboxylic acids is 1. The third kappa shape index (κ3) is 3.03. The molecular formula is C16H24N4OS. The molecule has 1 aromatic heterocycles. The van der Waals surface area contributed by atoms with Crippen LogP contribution in [0.15, 0.2) is 21.8 Å². The molecule has 6 heteroatoms. The molecule has 22 heavy (non-hydrogen) atoms. The van der Waals surface area contributed by atoms with Crippen LogP contribution in [0.1, 0.15) is 31.7 Å². The van der Waals surface area contributed by atoms with E-state index in [1.54, 1.807) is 18.4 Å². The predicted octanol–water partition coefficient (Wildman–Crippen LogP) is 1.90. The van der Waals surface area contributed by atoms with Crippen molar-refractivity contribution in [1.82, 2.24) is 9.80 Å². The minimum atomic E-state index is -0.360. The summed E-state index contributed by atoms with van der Waals surface area (Å²) in [6, 6.07) is 2.19. The van der Waals surface area contributed by atoms with Gasteiger partial charge < -0.3 is 5.73 Å². The Kier molecular flexibility index (Phi) is 4.23. The average molecular weight is 320 g/mol. The quantitative estimate of drug-likeness (QED) is 0.925. The first-order valence-corrected chi connectivity index (χ1v) is 8.77. The zero-order chi connectivity index (χ0) is 15.7. The number of amides is 1. The maximum Gasteiger partial charge on any atom is 0.231 e. The van der Waals surface area contributed by atoms with Gasteiger partial charge in [0, 0.05) is 20.1 Å². The standard InChI is InChI=1S/C16H24N4OS/c1-16(8-14(21)19(2)15(17)18-16)13-4-3-6-20(10-13)9-12-5-7-22-11-12/h5,7,11,13H,3-4,6,8-10H2,1-2H3,(H2,17,18)/t13?,16-/m0/s1. The highest BCUT2D eigenvalue weighted by molar-refractivity contribution is 7.07. The molecule has 3 rings (SSSR count). The second-order valence-corrected chi connectivity index (χ2v) is 7.44. The molecule has 2 aliphatic rings. The largest absolute Gasteiger partial charge is 0.369 e. The zero-order valence-corrected chi connectivity index (χ0v) is 14.1. The fourth-order valence-electron chi connectivity index (χ4n) is 3.51. The van der Waals surface area contributed by atoms with Crippen molar-refractivity contribution in [2.45, 2.75) is 38.3 Å². The van der Waals surface area contributed by atoms with Crippen LogP contribution in [-0.2, 0) is 11.3 Å². The van der Waals surface area contributed by atoms with Gasteiger partial charge in [-0.1, -0.05) is 0 Å². The van der Waals surface area contributed by atoms with Crippen molar-refractivity contribution in [3.05, 3.63) is 22.4 Å². The first kappa shape index (κ1) is 15.5. The first-order valence-electron chi connectivity index (χ1n) is 7.83. The highest BCUT2D eigenvalue weighted by Crippen LogP contribution is 2.35. The van der Waals surface area contributed by atoms with E-state index < -0.39 is 0 Å². The van der Waals surface area contributed by atoms with Crippen molar-refractivity contribution < 1.29 is 4.79 Å². The van der Waals surface area contributed by atoms with Gasteiger partial charge in [0.1, 0.15) is 0 Å². The summed E-state index contributed by atoms with van der Waals surface area (Å²) in [5.74, 6) is 0.815. The molecule has 1 unspecified atom stereocenters. The smallest absolute Gasteiger partial charge is 0.231 e. The maximum atomic E-state index is 12.2. The molecule has 1 amide bonds. The molecule has 2 N–H and O–H groups in total. The molecule has 0 spiro atoms. The van der Waals surface area contributed by atoms with Gasteiger partial charge in [-0.15, -0.1) is 0 Å². The molecule has 1 aromatic rings. The molecule has 0 radical (unpaired) electrons. The molecule has 0 saturated carbocycles. The fraction of sp³-hybridized carbons (Fsp3) is 0.625. The maximum absolute atomic E-state index is 12.2. The van der Waals surface area contributed by atoms with Gasteiger partial charge in [-0.2, -0.15) is 11.3 Å². The van der Waals surface area contributed by atoms with Gasteiger partial charge in [-0.25, -0.2) is 4.99 Å². The van der Waals surface area contributed by atoms with E-state index in [2.05, 4.69) is 33.6 Å². The fourth-order valence-corrected chi connectivity index (χ4v) is 4.17. The topological polar surface area (TPSA) is 61.9 Å². The number of nitrogens with zero attached hydrogens (tertiary/aromatic N) is 3. The van der Waals surface area contributed by atoms with Crippen molar-refractivity contribution >= 4 is 23.2 Å². The number of likely N-dealkylation sites (tertiary alicyclic amines) is 1. The Bertz CT molecular complexity index is 571. The van der Waals surface area contributed by atoms with Crippen LogP contribution in [0.5, 0.6) is 0 Å². The molecule has 1 fully saturated rings. The van der Waals surface area contributed by atoms with E-state index in [1.807, 2.05) is 0 Å². The Hall–Kier alpha value is -1.40. The molecule has 0 bridgehead atoms. The lowest BCUT2D eigenvalue weighted by Gasteiger charge is -2.43. The summed E-state index contributed by atoms with van der Waals surface area (Å²) >= 11 is 1.74. The normalized spacial score (nSPS) is 30.5. The second kappa shape index (κ2) is 6.01. The van der Waals surface area contributed by atoms with Crippen molar-refractivity contribution in [2.24, 2.45) is 16.6 Å². The first-order chi connectivity index (χ1) is 10.5. The van der Waals surface area contributed by atoms with Crippen LogP contribution in [0, 0.1) is 5.92 Å². The Morgan fingerprint density at radius 1 is 1.55 bits per heavy atom. The van der Waals surface area contributed by atoms with E-state index >= 15 is 0 Å². The monoisotopic (exact) mass is 320 g/mol. The number of guanidine groups is 1. The third-order valence-electron chi connectivity index (χ3n) is 4.97. The summed E-state index contributed by atoms with van der Waals surface area (Å²) in [6.45, 7) is 5.18. The van der Waals surface area contributed by atoms with Gasteiger partial charge in [0.05, 0.1) is 12.0 Å². The number of piperidine rings is 1. The Morgan fingerprint density at radius 2 is 2.36 bits per heavy atom. The predicted molar refractivity (Wildman–Crippen MR) is 89.7 cm³/mol. The SMILES string of the molecule is CN1C(=O)C[C@@](C)(C2CCCN(Cc3ccsc3)C2)N=C1N. The molecular weight excluding hydrogens is 296 g/mol. The highest BCUT2D eigenvalue weighted by atomic mass is 32.1. The number of carbonyl (C=O) groups is 1. The average Bonchev–Trinajstić information content (AvgIpc) is 2.98. The van der Waals surface area contributed by atoms with Crippen LogP contribution in [0.3, 0.4) is 0 Å². The van der Waals surface area contributed by atoms with E-state index in [0.717, 1.165) is 32.5 Å². The van der Waals surface area contributed by atoms with E-state index in [0.29, 0.717) is 18.3 Å². The number of hydrogen-bond donors (Lipinski definition) is 1.